The summed E-state index contributed by atoms with van der Waals surface area (Å²) in [5.74, 6) is 0.678. The number of ether oxygens (including phenoxy) is 2. The van der Waals surface area contributed by atoms with E-state index in [4.69, 9.17) is 13.9 Å². The second-order valence-corrected chi connectivity index (χ2v) is 7.87. The normalized spacial score (nSPS) is 17.0. The minimum atomic E-state index is -0.334. The molecule has 0 spiro atoms. The molecule has 0 amide bonds. The molecule has 5 nitrogen and oxygen atoms in total. The van der Waals surface area contributed by atoms with Crippen LogP contribution in [0.3, 0.4) is 0 Å². The van der Waals surface area contributed by atoms with Crippen molar-refractivity contribution in [3.05, 3.63) is 62.6 Å². The predicted octanol–water partition coefficient (Wildman–Crippen LogP) is 4.04. The van der Waals surface area contributed by atoms with Crippen LogP contribution in [-0.4, -0.2) is 31.3 Å². The monoisotopic (exact) mass is 385 g/mol. The minimum absolute atomic E-state index is 0.261. The van der Waals surface area contributed by atoms with Crippen LogP contribution in [0, 0.1) is 0 Å². The van der Waals surface area contributed by atoms with Crippen molar-refractivity contribution in [1.82, 2.24) is 4.90 Å². The molecule has 0 saturated carbocycles. The summed E-state index contributed by atoms with van der Waals surface area (Å²) < 4.78 is 16.5. The lowest BCUT2D eigenvalue weighted by molar-refractivity contribution is 0.0683. The second-order valence-electron chi connectivity index (χ2n) is 6.84. The molecule has 1 aromatic carbocycles. The molecule has 1 fully saturated rings. The molecule has 0 radical (unpaired) electrons. The molecular formula is C21H23NO4S. The van der Waals surface area contributed by atoms with Gasteiger partial charge in [-0.05, 0) is 42.0 Å². The van der Waals surface area contributed by atoms with E-state index in [0.29, 0.717) is 17.9 Å². The van der Waals surface area contributed by atoms with Gasteiger partial charge in [-0.3, -0.25) is 4.90 Å². The molecule has 4 rings (SSSR count). The van der Waals surface area contributed by atoms with Crippen molar-refractivity contribution in [3.63, 3.8) is 0 Å². The molecule has 0 bridgehead atoms. The number of fused-ring (bicyclic) bond motifs is 1. The van der Waals surface area contributed by atoms with Gasteiger partial charge in [0.25, 0.3) is 0 Å². The van der Waals surface area contributed by atoms with Crippen molar-refractivity contribution in [3.8, 4) is 5.75 Å². The zero-order valence-electron chi connectivity index (χ0n) is 15.3. The fraction of sp³-hybridized carbons (Fsp3) is 0.381. The Morgan fingerprint density at radius 2 is 2.19 bits per heavy atom. The fourth-order valence-electron chi connectivity index (χ4n) is 3.59. The molecule has 1 atom stereocenters. The van der Waals surface area contributed by atoms with Crippen LogP contribution in [0.1, 0.15) is 23.3 Å². The van der Waals surface area contributed by atoms with Crippen LogP contribution in [0.2, 0.25) is 0 Å². The van der Waals surface area contributed by atoms with Gasteiger partial charge in [-0.2, -0.15) is 0 Å². The number of methoxy groups -OCH3 is 1. The summed E-state index contributed by atoms with van der Waals surface area (Å²) >= 11 is 1.75. The van der Waals surface area contributed by atoms with Gasteiger partial charge in [-0.1, -0.05) is 6.07 Å². The van der Waals surface area contributed by atoms with Crippen molar-refractivity contribution in [2.45, 2.75) is 32.0 Å². The smallest absolute Gasteiger partial charge is 0.336 e. The van der Waals surface area contributed by atoms with Crippen LogP contribution in [0.4, 0.5) is 0 Å². The number of benzene rings is 1. The van der Waals surface area contributed by atoms with Gasteiger partial charge < -0.3 is 13.9 Å². The lowest BCUT2D eigenvalue weighted by atomic mass is 10.1. The van der Waals surface area contributed by atoms with E-state index >= 15 is 0 Å². The highest BCUT2D eigenvalue weighted by atomic mass is 32.1. The maximum Gasteiger partial charge on any atom is 0.336 e. The summed E-state index contributed by atoms with van der Waals surface area (Å²) in [6.07, 6.45) is 2.47. The lowest BCUT2D eigenvalue weighted by Gasteiger charge is -2.25. The first-order valence-electron chi connectivity index (χ1n) is 9.18. The molecule has 1 aliphatic rings. The maximum atomic E-state index is 12.1. The van der Waals surface area contributed by atoms with Crippen LogP contribution in [0.5, 0.6) is 5.75 Å². The second kappa shape index (κ2) is 8.25. The Morgan fingerprint density at radius 3 is 2.93 bits per heavy atom. The van der Waals surface area contributed by atoms with Crippen LogP contribution < -0.4 is 10.4 Å². The van der Waals surface area contributed by atoms with E-state index in [-0.39, 0.29) is 11.7 Å². The van der Waals surface area contributed by atoms with Gasteiger partial charge in [0.1, 0.15) is 11.3 Å². The third-order valence-electron chi connectivity index (χ3n) is 4.88. The van der Waals surface area contributed by atoms with Gasteiger partial charge in [-0.15, -0.1) is 11.3 Å². The van der Waals surface area contributed by atoms with Gasteiger partial charge in [0.15, 0.2) is 0 Å². The van der Waals surface area contributed by atoms with E-state index in [1.165, 1.54) is 4.88 Å². The number of thiophene rings is 1. The first-order valence-corrected chi connectivity index (χ1v) is 10.1. The van der Waals surface area contributed by atoms with Gasteiger partial charge in [0.05, 0.1) is 13.2 Å². The Balaban J connectivity index is 1.63. The van der Waals surface area contributed by atoms with Crippen molar-refractivity contribution in [2.75, 3.05) is 20.3 Å². The number of nitrogens with zero attached hydrogens (tertiary/aromatic N) is 1. The van der Waals surface area contributed by atoms with Crippen molar-refractivity contribution < 1.29 is 13.9 Å². The van der Waals surface area contributed by atoms with Crippen molar-refractivity contribution in [2.24, 2.45) is 0 Å². The quantitative estimate of drug-likeness (QED) is 0.575. The molecule has 0 N–H and O–H groups in total. The van der Waals surface area contributed by atoms with E-state index in [2.05, 4.69) is 22.4 Å². The first kappa shape index (κ1) is 18.2. The molecule has 0 aliphatic carbocycles. The Bertz CT molecular complexity index is 944. The summed E-state index contributed by atoms with van der Waals surface area (Å²) in [5, 5.41) is 3.04. The van der Waals surface area contributed by atoms with Gasteiger partial charge >= 0.3 is 5.63 Å². The topological polar surface area (TPSA) is 51.9 Å². The Hall–Kier alpha value is -2.15. The third kappa shape index (κ3) is 4.40. The minimum Gasteiger partial charge on any atom is -0.497 e. The Labute approximate surface area is 162 Å². The number of rotatable bonds is 7. The number of hydrogen-bond acceptors (Lipinski definition) is 6. The maximum absolute atomic E-state index is 12.1. The molecular weight excluding hydrogens is 362 g/mol. The zero-order chi connectivity index (χ0) is 18.6. The van der Waals surface area contributed by atoms with Crippen LogP contribution in [0.25, 0.3) is 11.0 Å². The van der Waals surface area contributed by atoms with E-state index in [9.17, 15) is 4.79 Å². The highest BCUT2D eigenvalue weighted by molar-refractivity contribution is 7.09. The molecule has 1 aliphatic heterocycles. The Kier molecular flexibility index (Phi) is 5.57. The van der Waals surface area contributed by atoms with E-state index < -0.39 is 0 Å². The number of hydrogen-bond donors (Lipinski definition) is 0. The van der Waals surface area contributed by atoms with Crippen LogP contribution in [0.15, 0.2) is 51.0 Å². The molecule has 2 aromatic heterocycles. The summed E-state index contributed by atoms with van der Waals surface area (Å²) in [6, 6.07) is 11.4. The van der Waals surface area contributed by atoms with E-state index in [1.54, 1.807) is 30.6 Å². The van der Waals surface area contributed by atoms with Gasteiger partial charge in [-0.25, -0.2) is 4.79 Å². The van der Waals surface area contributed by atoms with Crippen molar-refractivity contribution >= 4 is 22.3 Å². The van der Waals surface area contributed by atoms with E-state index in [0.717, 1.165) is 43.5 Å². The van der Waals surface area contributed by atoms with Crippen LogP contribution >= 0.6 is 11.3 Å². The molecule has 3 heterocycles. The predicted molar refractivity (Wildman–Crippen MR) is 106 cm³/mol. The van der Waals surface area contributed by atoms with Gasteiger partial charge in [0, 0.05) is 48.6 Å². The average Bonchev–Trinajstić information content (AvgIpc) is 3.35. The summed E-state index contributed by atoms with van der Waals surface area (Å²) in [4.78, 5) is 15.8. The summed E-state index contributed by atoms with van der Waals surface area (Å²) in [5.41, 5.74) is 1.20. The summed E-state index contributed by atoms with van der Waals surface area (Å²) in [6.45, 7) is 3.21. The van der Waals surface area contributed by atoms with Crippen molar-refractivity contribution in [1.29, 1.82) is 0 Å². The molecule has 1 saturated heterocycles. The SMILES string of the molecule is COc1ccc2c(CN(Cc3cccs3)CC3CCCO3)cc(=O)oc2c1. The molecule has 27 heavy (non-hydrogen) atoms. The standard InChI is InChI=1S/C21H23NO4S/c1-24-16-6-7-19-15(10-21(23)26-20(19)11-16)12-22(13-17-4-2-8-25-17)14-18-5-3-9-27-18/h3,5-7,9-11,17H,2,4,8,12-14H2,1H3. The molecule has 3 aromatic rings. The molecule has 142 valence electrons. The first-order chi connectivity index (χ1) is 13.2. The van der Waals surface area contributed by atoms with Gasteiger partial charge in [0.2, 0.25) is 0 Å². The zero-order valence-corrected chi connectivity index (χ0v) is 16.2. The van der Waals surface area contributed by atoms with E-state index in [1.807, 2.05) is 12.1 Å². The summed E-state index contributed by atoms with van der Waals surface area (Å²) in [7, 11) is 1.60. The fourth-order valence-corrected chi connectivity index (χ4v) is 4.34. The largest absolute Gasteiger partial charge is 0.497 e. The molecule has 6 heteroatoms. The highest BCUT2D eigenvalue weighted by Gasteiger charge is 2.21. The van der Waals surface area contributed by atoms with Crippen LogP contribution in [-0.2, 0) is 17.8 Å². The third-order valence-corrected chi connectivity index (χ3v) is 5.74. The highest BCUT2D eigenvalue weighted by Crippen LogP contribution is 2.25. The Morgan fingerprint density at radius 1 is 1.26 bits per heavy atom. The lowest BCUT2D eigenvalue weighted by Crippen LogP contribution is -2.31. The average molecular weight is 385 g/mol. The molecule has 1 unspecified atom stereocenters.